The lowest BCUT2D eigenvalue weighted by molar-refractivity contribution is 0.886. The molecule has 3 aromatic carbocycles. The van der Waals surface area contributed by atoms with Gasteiger partial charge in [0.2, 0.25) is 0 Å². The quantitative estimate of drug-likeness (QED) is 0.364. The molecule has 0 unspecified atom stereocenters. The Hall–Kier alpha value is -3.06. The van der Waals surface area contributed by atoms with Gasteiger partial charge < -0.3 is 5.32 Å². The fourth-order valence-electron chi connectivity index (χ4n) is 3.15. The summed E-state index contributed by atoms with van der Waals surface area (Å²) < 4.78 is 0. The van der Waals surface area contributed by atoms with Crippen molar-refractivity contribution < 1.29 is 0 Å². The number of aryl methyl sites for hydroxylation is 2. The monoisotopic (exact) mass is 411 g/mol. The van der Waals surface area contributed by atoms with Gasteiger partial charge in [-0.1, -0.05) is 119 Å². The lowest BCUT2D eigenvalue weighted by Gasteiger charge is -2.11. The summed E-state index contributed by atoms with van der Waals surface area (Å²) in [6.07, 6.45) is 9.11. The molecule has 0 heterocycles. The first-order chi connectivity index (χ1) is 15.1. The smallest absolute Gasteiger partial charge is 0.0457 e. The molecule has 0 aliphatic heterocycles. The molecule has 0 fully saturated rings. The highest BCUT2D eigenvalue weighted by Crippen LogP contribution is 2.25. The first-order valence-electron chi connectivity index (χ1n) is 11.5. The number of nitrogens with one attached hydrogen (secondary N) is 1. The van der Waals surface area contributed by atoms with Crippen LogP contribution in [0, 0.1) is 6.92 Å². The number of allylic oxidation sites excluding steroid dienone is 2. The fourth-order valence-corrected chi connectivity index (χ4v) is 3.15. The van der Waals surface area contributed by atoms with Crippen LogP contribution in [0.2, 0.25) is 0 Å². The largest absolute Gasteiger partial charge is 0.355 e. The van der Waals surface area contributed by atoms with Gasteiger partial charge in [-0.05, 0) is 53.8 Å². The summed E-state index contributed by atoms with van der Waals surface area (Å²) in [5.74, 6) is 0. The molecular weight excluding hydrogens is 374 g/mol. The summed E-state index contributed by atoms with van der Waals surface area (Å²) in [7, 11) is 0. The van der Waals surface area contributed by atoms with Crippen LogP contribution in [0.5, 0.6) is 0 Å². The number of benzene rings is 3. The predicted octanol–water partition coefficient (Wildman–Crippen LogP) is 9.22. The molecule has 0 spiro atoms. The maximum atomic E-state index is 4.30. The van der Waals surface area contributed by atoms with Crippen molar-refractivity contribution in [1.82, 2.24) is 0 Å². The van der Waals surface area contributed by atoms with Crippen LogP contribution in [0.1, 0.15) is 62.3 Å². The molecule has 162 valence electrons. The van der Waals surface area contributed by atoms with E-state index in [2.05, 4.69) is 125 Å². The normalized spacial score (nSPS) is 10.5. The Balaban J connectivity index is 0.000000785. The SMILES string of the molecule is C=C(/C=C/c1ccccc1Nc1ccc(C)cc1)c1ccccc1CCC.CCCC. The molecule has 1 heteroatoms. The Morgan fingerprint density at radius 1 is 0.806 bits per heavy atom. The van der Waals surface area contributed by atoms with E-state index in [4.69, 9.17) is 0 Å². The molecular formula is C30H37N. The van der Waals surface area contributed by atoms with E-state index in [9.17, 15) is 0 Å². The van der Waals surface area contributed by atoms with Crippen LogP contribution < -0.4 is 5.32 Å². The summed E-state index contributed by atoms with van der Waals surface area (Å²) in [5.41, 5.74) is 8.23. The highest BCUT2D eigenvalue weighted by atomic mass is 14.9. The van der Waals surface area contributed by atoms with E-state index in [0.717, 1.165) is 35.4 Å². The molecule has 0 aliphatic rings. The Kier molecular flexibility index (Phi) is 10.4. The second-order valence-electron chi connectivity index (χ2n) is 7.84. The first kappa shape index (κ1) is 24.2. The molecule has 0 atom stereocenters. The van der Waals surface area contributed by atoms with E-state index >= 15 is 0 Å². The zero-order chi connectivity index (χ0) is 22.5. The minimum atomic E-state index is 1.05. The standard InChI is InChI=1S/C26H27N.C4H10/c1-4-9-22-10-5-7-12-25(22)21(3)16-17-23-11-6-8-13-26(23)27-24-18-14-20(2)15-19-24;1-3-4-2/h5-8,10-19,27H,3-4,9H2,1-2H3;3-4H2,1-2H3/b17-16+;. The molecule has 31 heavy (non-hydrogen) atoms. The molecule has 3 rings (SSSR count). The Morgan fingerprint density at radius 3 is 2.13 bits per heavy atom. The maximum Gasteiger partial charge on any atom is 0.0457 e. The molecule has 0 aliphatic carbocycles. The van der Waals surface area contributed by atoms with Crippen molar-refractivity contribution in [3.05, 3.63) is 108 Å². The van der Waals surface area contributed by atoms with Crippen molar-refractivity contribution in [1.29, 1.82) is 0 Å². The molecule has 0 saturated carbocycles. The summed E-state index contributed by atoms with van der Waals surface area (Å²) in [6, 6.07) is 25.3. The van der Waals surface area contributed by atoms with E-state index in [1.54, 1.807) is 0 Å². The lowest BCUT2D eigenvalue weighted by atomic mass is 9.97. The Labute approximate surface area is 189 Å². The zero-order valence-corrected chi connectivity index (χ0v) is 19.6. The zero-order valence-electron chi connectivity index (χ0n) is 19.6. The van der Waals surface area contributed by atoms with E-state index in [1.165, 1.54) is 29.5 Å². The highest BCUT2D eigenvalue weighted by molar-refractivity contribution is 5.82. The van der Waals surface area contributed by atoms with E-state index in [0.29, 0.717) is 0 Å². The van der Waals surface area contributed by atoms with Crippen LogP contribution in [0.25, 0.3) is 11.6 Å². The first-order valence-corrected chi connectivity index (χ1v) is 11.5. The van der Waals surface area contributed by atoms with Crippen molar-refractivity contribution in [3.8, 4) is 0 Å². The van der Waals surface area contributed by atoms with Gasteiger partial charge in [0.05, 0.1) is 0 Å². The molecule has 0 bridgehead atoms. The van der Waals surface area contributed by atoms with Gasteiger partial charge in [-0.15, -0.1) is 0 Å². The average Bonchev–Trinajstić information content (AvgIpc) is 2.80. The number of hydrogen-bond donors (Lipinski definition) is 1. The van der Waals surface area contributed by atoms with Crippen molar-refractivity contribution in [3.63, 3.8) is 0 Å². The summed E-state index contributed by atoms with van der Waals surface area (Å²) in [4.78, 5) is 0. The number of para-hydroxylation sites is 1. The Morgan fingerprint density at radius 2 is 1.45 bits per heavy atom. The lowest BCUT2D eigenvalue weighted by Crippen LogP contribution is -1.93. The minimum absolute atomic E-state index is 1.05. The molecule has 0 aromatic heterocycles. The average molecular weight is 412 g/mol. The van der Waals surface area contributed by atoms with Crippen LogP contribution in [0.4, 0.5) is 11.4 Å². The predicted molar refractivity (Wildman–Crippen MR) is 140 cm³/mol. The van der Waals surface area contributed by atoms with Gasteiger partial charge in [0.1, 0.15) is 0 Å². The van der Waals surface area contributed by atoms with Crippen molar-refractivity contribution >= 4 is 23.0 Å². The van der Waals surface area contributed by atoms with Crippen LogP contribution in [-0.4, -0.2) is 0 Å². The van der Waals surface area contributed by atoms with Gasteiger partial charge >= 0.3 is 0 Å². The third kappa shape index (κ3) is 7.94. The van der Waals surface area contributed by atoms with Gasteiger partial charge in [0.25, 0.3) is 0 Å². The number of rotatable bonds is 8. The van der Waals surface area contributed by atoms with Gasteiger partial charge in [-0.2, -0.15) is 0 Å². The minimum Gasteiger partial charge on any atom is -0.355 e. The molecule has 3 aromatic rings. The molecule has 0 saturated heterocycles. The highest BCUT2D eigenvalue weighted by Gasteiger charge is 2.04. The fraction of sp³-hybridized carbons (Fsp3) is 0.267. The Bertz CT molecular complexity index is 962. The van der Waals surface area contributed by atoms with Crippen molar-refractivity contribution in [2.75, 3.05) is 5.32 Å². The third-order valence-corrected chi connectivity index (χ3v) is 5.14. The number of anilines is 2. The molecule has 1 N–H and O–H groups in total. The summed E-state index contributed by atoms with van der Waals surface area (Å²) >= 11 is 0. The summed E-state index contributed by atoms with van der Waals surface area (Å²) in [5, 5.41) is 3.51. The van der Waals surface area contributed by atoms with Gasteiger partial charge in [0, 0.05) is 11.4 Å². The van der Waals surface area contributed by atoms with Crippen LogP contribution in [-0.2, 0) is 6.42 Å². The molecule has 0 radical (unpaired) electrons. The number of hydrogen-bond acceptors (Lipinski definition) is 1. The van der Waals surface area contributed by atoms with Crippen molar-refractivity contribution in [2.45, 2.75) is 53.4 Å². The second-order valence-corrected chi connectivity index (χ2v) is 7.84. The van der Waals surface area contributed by atoms with Crippen molar-refractivity contribution in [2.24, 2.45) is 0 Å². The third-order valence-electron chi connectivity index (χ3n) is 5.14. The second kappa shape index (κ2) is 13.3. The summed E-state index contributed by atoms with van der Waals surface area (Å²) in [6.45, 7) is 13.0. The molecule has 1 nitrogen and oxygen atoms in total. The topological polar surface area (TPSA) is 12.0 Å². The van der Waals surface area contributed by atoms with Gasteiger partial charge in [-0.25, -0.2) is 0 Å². The van der Waals surface area contributed by atoms with E-state index in [1.807, 2.05) is 0 Å². The molecule has 0 amide bonds. The van der Waals surface area contributed by atoms with Crippen LogP contribution in [0.15, 0.2) is 85.5 Å². The van der Waals surface area contributed by atoms with E-state index in [-0.39, 0.29) is 0 Å². The van der Waals surface area contributed by atoms with Crippen LogP contribution >= 0.6 is 0 Å². The van der Waals surface area contributed by atoms with E-state index < -0.39 is 0 Å². The number of unbranched alkanes of at least 4 members (excludes halogenated alkanes) is 1. The van der Waals surface area contributed by atoms with Gasteiger partial charge in [-0.3, -0.25) is 0 Å². The van der Waals surface area contributed by atoms with Gasteiger partial charge in [0.15, 0.2) is 0 Å². The van der Waals surface area contributed by atoms with Crippen LogP contribution in [0.3, 0.4) is 0 Å². The maximum absolute atomic E-state index is 4.30.